The first-order valence-corrected chi connectivity index (χ1v) is 12.5. The number of benzene rings is 1. The average molecular weight is 495 g/mol. The molecule has 2 aromatic rings. The molecular formula is C22H26N2O7S2. The molecule has 1 heterocycles. The zero-order valence-corrected chi connectivity index (χ0v) is 20.0. The first-order valence-electron chi connectivity index (χ1n) is 10.8. The Hall–Kier alpha value is -2.66. The van der Waals surface area contributed by atoms with E-state index in [0.717, 1.165) is 29.3 Å². The van der Waals surface area contributed by atoms with Crippen molar-refractivity contribution in [3.05, 3.63) is 18.2 Å². The molecule has 1 saturated carbocycles. The number of anilines is 1. The number of esters is 2. The molecule has 178 valence electrons. The highest BCUT2D eigenvalue weighted by Crippen LogP contribution is 2.35. The van der Waals surface area contributed by atoms with Gasteiger partial charge in [-0.25, -0.2) is 4.98 Å². The summed E-state index contributed by atoms with van der Waals surface area (Å²) in [6, 6.07) is 5.17. The lowest BCUT2D eigenvalue weighted by atomic mass is 9.78. The van der Waals surface area contributed by atoms with Crippen LogP contribution in [0.3, 0.4) is 0 Å². The summed E-state index contributed by atoms with van der Waals surface area (Å²) in [4.78, 5) is 53.2. The number of thiazole rings is 1. The Bertz CT molecular complexity index is 1020. The van der Waals surface area contributed by atoms with Crippen LogP contribution in [0.4, 0.5) is 5.69 Å². The van der Waals surface area contributed by atoms with E-state index in [1.165, 1.54) is 11.3 Å². The van der Waals surface area contributed by atoms with Crippen molar-refractivity contribution in [2.45, 2.75) is 49.1 Å². The molecule has 1 aromatic carbocycles. The number of hydrogen-bond acceptors (Lipinski definition) is 9. The van der Waals surface area contributed by atoms with Crippen molar-refractivity contribution in [1.29, 1.82) is 0 Å². The lowest BCUT2D eigenvalue weighted by Gasteiger charge is -2.27. The Labute approximate surface area is 199 Å². The van der Waals surface area contributed by atoms with Crippen LogP contribution in [-0.4, -0.2) is 52.4 Å². The third-order valence-electron chi connectivity index (χ3n) is 5.28. The SMILES string of the molecule is CCOC(=O)C(Sc1nc2ccc(NC(=O)[C@@H]3CCCC[C@@H]3C(=O)O)cc2s1)C(=O)OCC. The van der Waals surface area contributed by atoms with Gasteiger partial charge in [0.25, 0.3) is 0 Å². The van der Waals surface area contributed by atoms with Gasteiger partial charge in [0.1, 0.15) is 0 Å². The van der Waals surface area contributed by atoms with Gasteiger partial charge in [0.2, 0.25) is 11.2 Å². The summed E-state index contributed by atoms with van der Waals surface area (Å²) in [5, 5.41) is 11.1. The first-order chi connectivity index (χ1) is 15.8. The van der Waals surface area contributed by atoms with Gasteiger partial charge in [0, 0.05) is 5.69 Å². The fraction of sp³-hybridized carbons (Fsp3) is 0.500. The third kappa shape index (κ3) is 6.23. The van der Waals surface area contributed by atoms with Crippen LogP contribution in [0.2, 0.25) is 0 Å². The highest BCUT2D eigenvalue weighted by molar-refractivity contribution is 8.03. The second-order valence-electron chi connectivity index (χ2n) is 7.49. The summed E-state index contributed by atoms with van der Waals surface area (Å²) >= 11 is 2.23. The molecule has 1 aromatic heterocycles. The number of fused-ring (bicyclic) bond motifs is 1. The quantitative estimate of drug-likeness (QED) is 0.304. The predicted molar refractivity (Wildman–Crippen MR) is 124 cm³/mol. The zero-order chi connectivity index (χ0) is 24.0. The Balaban J connectivity index is 1.75. The van der Waals surface area contributed by atoms with Crippen LogP contribution >= 0.6 is 23.1 Å². The summed E-state index contributed by atoms with van der Waals surface area (Å²) in [6.45, 7) is 3.60. The molecular weight excluding hydrogens is 468 g/mol. The Morgan fingerprint density at radius 2 is 1.76 bits per heavy atom. The number of thioether (sulfide) groups is 1. The van der Waals surface area contributed by atoms with Crippen LogP contribution < -0.4 is 5.32 Å². The van der Waals surface area contributed by atoms with Gasteiger partial charge in [0.15, 0.2) is 4.34 Å². The van der Waals surface area contributed by atoms with Gasteiger partial charge in [-0.1, -0.05) is 24.6 Å². The number of ether oxygens (including phenoxy) is 2. The van der Waals surface area contributed by atoms with Crippen LogP contribution in [0.1, 0.15) is 39.5 Å². The number of carbonyl (C=O) groups excluding carboxylic acids is 3. The molecule has 0 spiro atoms. The summed E-state index contributed by atoms with van der Waals surface area (Å²) in [5.74, 6) is -3.84. The summed E-state index contributed by atoms with van der Waals surface area (Å²) in [7, 11) is 0. The number of carbonyl (C=O) groups is 4. The molecule has 9 nitrogen and oxygen atoms in total. The number of nitrogens with one attached hydrogen (secondary N) is 1. The number of aromatic nitrogens is 1. The monoisotopic (exact) mass is 494 g/mol. The lowest BCUT2D eigenvalue weighted by Crippen LogP contribution is -2.36. The van der Waals surface area contributed by atoms with Crippen LogP contribution in [0, 0.1) is 11.8 Å². The third-order valence-corrected chi connectivity index (χ3v) is 7.54. The highest BCUT2D eigenvalue weighted by Gasteiger charge is 2.36. The van der Waals surface area contributed by atoms with E-state index in [-0.39, 0.29) is 19.1 Å². The van der Waals surface area contributed by atoms with Gasteiger partial charge in [-0.2, -0.15) is 0 Å². The minimum atomic E-state index is -1.18. The van der Waals surface area contributed by atoms with E-state index in [1.807, 2.05) is 0 Å². The molecule has 1 fully saturated rings. The number of amides is 1. The predicted octanol–water partition coefficient (Wildman–Crippen LogP) is 3.71. The summed E-state index contributed by atoms with van der Waals surface area (Å²) < 4.78 is 11.2. The molecule has 2 atom stereocenters. The molecule has 0 bridgehead atoms. The van der Waals surface area contributed by atoms with Crippen molar-refractivity contribution in [2.75, 3.05) is 18.5 Å². The molecule has 1 aliphatic rings. The fourth-order valence-corrected chi connectivity index (χ4v) is 5.90. The van der Waals surface area contributed by atoms with Crippen LogP contribution in [0.5, 0.6) is 0 Å². The van der Waals surface area contributed by atoms with Crippen molar-refractivity contribution in [3.63, 3.8) is 0 Å². The average Bonchev–Trinajstić information content (AvgIpc) is 3.19. The van der Waals surface area contributed by atoms with Gasteiger partial charge in [-0.05, 0) is 44.9 Å². The second kappa shape index (κ2) is 11.5. The Morgan fingerprint density at radius 3 is 2.36 bits per heavy atom. The van der Waals surface area contributed by atoms with Crippen molar-refractivity contribution >= 4 is 62.8 Å². The molecule has 2 N–H and O–H groups in total. The number of nitrogens with zero attached hydrogens (tertiary/aromatic N) is 1. The van der Waals surface area contributed by atoms with Crippen LogP contribution in [-0.2, 0) is 28.7 Å². The molecule has 0 aliphatic heterocycles. The molecule has 11 heteroatoms. The zero-order valence-electron chi connectivity index (χ0n) is 18.4. The molecule has 0 saturated heterocycles. The number of rotatable bonds is 9. The maximum atomic E-state index is 12.7. The molecule has 1 aliphatic carbocycles. The molecule has 3 rings (SSSR count). The van der Waals surface area contributed by atoms with Crippen molar-refractivity contribution in [2.24, 2.45) is 11.8 Å². The van der Waals surface area contributed by atoms with E-state index < -0.39 is 35.0 Å². The number of hydrogen-bond donors (Lipinski definition) is 2. The van der Waals surface area contributed by atoms with E-state index in [1.54, 1.807) is 32.0 Å². The van der Waals surface area contributed by atoms with Gasteiger partial charge < -0.3 is 19.9 Å². The van der Waals surface area contributed by atoms with Gasteiger partial charge in [-0.3, -0.25) is 19.2 Å². The van der Waals surface area contributed by atoms with Crippen molar-refractivity contribution in [3.8, 4) is 0 Å². The van der Waals surface area contributed by atoms with Crippen LogP contribution in [0.25, 0.3) is 10.2 Å². The molecule has 33 heavy (non-hydrogen) atoms. The topological polar surface area (TPSA) is 132 Å². The van der Waals surface area contributed by atoms with E-state index >= 15 is 0 Å². The minimum Gasteiger partial charge on any atom is -0.481 e. The van der Waals surface area contributed by atoms with E-state index in [0.29, 0.717) is 28.4 Å². The highest BCUT2D eigenvalue weighted by atomic mass is 32.2. The maximum Gasteiger partial charge on any atom is 0.331 e. The Morgan fingerprint density at radius 1 is 1.12 bits per heavy atom. The molecule has 1 amide bonds. The van der Waals surface area contributed by atoms with E-state index in [4.69, 9.17) is 9.47 Å². The number of aliphatic carboxylic acids is 1. The lowest BCUT2D eigenvalue weighted by molar-refractivity contribution is -0.153. The van der Waals surface area contributed by atoms with Crippen LogP contribution in [0.15, 0.2) is 22.5 Å². The standard InChI is InChI=1S/C22H26N2O7S2/c1-3-30-20(28)17(21(29)31-4-2)33-22-24-15-10-9-12(11-16(15)32-22)23-18(25)13-7-5-6-8-14(13)19(26)27/h9-11,13-14,17H,3-8H2,1-2H3,(H,23,25)(H,26,27)/t13-,14+/m1/s1. The van der Waals surface area contributed by atoms with Gasteiger partial charge in [0.05, 0.1) is 35.3 Å². The summed E-state index contributed by atoms with van der Waals surface area (Å²) in [5.41, 5.74) is 1.18. The first kappa shape index (κ1) is 25.0. The Kier molecular flexibility index (Phi) is 8.67. The number of carboxylic acid groups (broad SMARTS) is 1. The molecule has 0 unspecified atom stereocenters. The number of carboxylic acids is 1. The minimum absolute atomic E-state index is 0.141. The smallest absolute Gasteiger partial charge is 0.331 e. The summed E-state index contributed by atoms with van der Waals surface area (Å²) in [6.07, 6.45) is 2.70. The van der Waals surface area contributed by atoms with E-state index in [9.17, 15) is 24.3 Å². The van der Waals surface area contributed by atoms with E-state index in [2.05, 4.69) is 10.3 Å². The van der Waals surface area contributed by atoms with Crippen molar-refractivity contribution < 1.29 is 33.8 Å². The van der Waals surface area contributed by atoms with Gasteiger partial charge >= 0.3 is 17.9 Å². The largest absolute Gasteiger partial charge is 0.481 e. The second-order valence-corrected chi connectivity index (χ2v) is 9.87. The van der Waals surface area contributed by atoms with Crippen molar-refractivity contribution in [1.82, 2.24) is 4.98 Å². The maximum absolute atomic E-state index is 12.7. The molecule has 0 radical (unpaired) electrons. The van der Waals surface area contributed by atoms with Gasteiger partial charge in [-0.15, -0.1) is 11.3 Å². The normalized spacial score (nSPS) is 18.2. The fourth-order valence-electron chi connectivity index (χ4n) is 3.74.